The van der Waals surface area contributed by atoms with Crippen LogP contribution in [0.3, 0.4) is 0 Å². The van der Waals surface area contributed by atoms with Crippen LogP contribution in [0.5, 0.6) is 5.75 Å². The van der Waals surface area contributed by atoms with E-state index in [0.29, 0.717) is 12.3 Å². The van der Waals surface area contributed by atoms with E-state index in [1.54, 1.807) is 16.9 Å². The molecule has 1 aromatic carbocycles. The van der Waals surface area contributed by atoms with E-state index in [9.17, 15) is 5.11 Å². The van der Waals surface area contributed by atoms with E-state index in [-0.39, 0.29) is 12.4 Å². The summed E-state index contributed by atoms with van der Waals surface area (Å²) in [4.78, 5) is 0. The summed E-state index contributed by atoms with van der Waals surface area (Å²) in [5.41, 5.74) is 1.82. The number of aromatic nitrogens is 2. The fourth-order valence-electron chi connectivity index (χ4n) is 1.37. The van der Waals surface area contributed by atoms with Crippen molar-refractivity contribution in [3.05, 3.63) is 42.2 Å². The Morgan fingerprint density at radius 1 is 1.38 bits per heavy atom. The Balaban J connectivity index is 0.00000128. The number of anilines is 1. The molecule has 0 aliphatic rings. The molecule has 0 fully saturated rings. The van der Waals surface area contributed by atoms with Crippen molar-refractivity contribution in [1.82, 2.24) is 9.78 Å². The van der Waals surface area contributed by atoms with E-state index in [1.807, 2.05) is 31.4 Å². The topological polar surface area (TPSA) is 50.1 Å². The van der Waals surface area contributed by atoms with E-state index in [0.717, 1.165) is 11.3 Å². The highest BCUT2D eigenvalue weighted by molar-refractivity contribution is 5.85. The van der Waals surface area contributed by atoms with Gasteiger partial charge in [-0.15, -0.1) is 12.4 Å². The summed E-state index contributed by atoms with van der Waals surface area (Å²) in [7, 11) is 1.87. The highest BCUT2D eigenvalue weighted by Gasteiger charge is 1.99. The first-order chi connectivity index (χ1) is 7.25. The van der Waals surface area contributed by atoms with Gasteiger partial charge in [-0.1, -0.05) is 18.2 Å². The molecule has 2 aromatic rings. The van der Waals surface area contributed by atoms with Gasteiger partial charge in [0.25, 0.3) is 0 Å². The Bertz CT molecular complexity index is 456. The molecule has 5 heteroatoms. The third-order valence-electron chi connectivity index (χ3n) is 2.18. The summed E-state index contributed by atoms with van der Waals surface area (Å²) in [6.45, 7) is 0.596. The lowest BCUT2D eigenvalue weighted by Gasteiger charge is -2.05. The average molecular weight is 240 g/mol. The lowest BCUT2D eigenvalue weighted by atomic mass is 10.2. The number of phenols is 1. The molecule has 0 aliphatic heterocycles. The molecule has 1 aromatic heterocycles. The second-order valence-electron chi connectivity index (χ2n) is 3.38. The third-order valence-corrected chi connectivity index (χ3v) is 2.18. The van der Waals surface area contributed by atoms with Gasteiger partial charge in [0.15, 0.2) is 0 Å². The Morgan fingerprint density at radius 3 is 2.75 bits per heavy atom. The highest BCUT2D eigenvalue weighted by Crippen LogP contribution is 2.17. The van der Waals surface area contributed by atoms with Gasteiger partial charge in [-0.05, 0) is 6.07 Å². The molecule has 86 valence electrons. The van der Waals surface area contributed by atoms with Gasteiger partial charge in [-0.3, -0.25) is 4.68 Å². The lowest BCUT2D eigenvalue weighted by molar-refractivity contribution is 0.469. The summed E-state index contributed by atoms with van der Waals surface area (Å²) >= 11 is 0. The monoisotopic (exact) mass is 239 g/mol. The van der Waals surface area contributed by atoms with E-state index in [1.165, 1.54) is 0 Å². The molecular formula is C11H14ClN3O. The summed E-state index contributed by atoms with van der Waals surface area (Å²) in [5, 5.41) is 16.8. The van der Waals surface area contributed by atoms with Gasteiger partial charge in [0.2, 0.25) is 0 Å². The minimum atomic E-state index is 0. The molecule has 0 bridgehead atoms. The average Bonchev–Trinajstić information content (AvgIpc) is 2.63. The zero-order valence-corrected chi connectivity index (χ0v) is 9.74. The predicted octanol–water partition coefficient (Wildman–Crippen LogP) is 2.16. The maximum Gasteiger partial charge on any atom is 0.120 e. The van der Waals surface area contributed by atoms with Crippen molar-refractivity contribution < 1.29 is 5.11 Å². The minimum Gasteiger partial charge on any atom is -0.508 e. The Hall–Kier alpha value is -1.68. The van der Waals surface area contributed by atoms with Crippen molar-refractivity contribution in [2.45, 2.75) is 6.54 Å². The van der Waals surface area contributed by atoms with Crippen molar-refractivity contribution in [1.29, 1.82) is 0 Å². The maximum absolute atomic E-state index is 9.53. The number of nitrogens with zero attached hydrogens (tertiary/aromatic N) is 2. The third kappa shape index (κ3) is 2.90. The van der Waals surface area contributed by atoms with Crippen LogP contribution in [0.1, 0.15) is 5.56 Å². The predicted molar refractivity (Wildman–Crippen MR) is 65.9 cm³/mol. The van der Waals surface area contributed by atoms with Crippen LogP contribution in [-0.2, 0) is 13.6 Å². The molecule has 0 atom stereocenters. The first-order valence-electron chi connectivity index (χ1n) is 4.75. The second kappa shape index (κ2) is 5.42. The molecule has 2 N–H and O–H groups in total. The van der Waals surface area contributed by atoms with Crippen LogP contribution >= 0.6 is 12.4 Å². The number of benzene rings is 1. The summed E-state index contributed by atoms with van der Waals surface area (Å²) in [5.74, 6) is 0.314. The van der Waals surface area contributed by atoms with Crippen molar-refractivity contribution in [2.24, 2.45) is 7.05 Å². The molecule has 1 heterocycles. The van der Waals surface area contributed by atoms with Gasteiger partial charge < -0.3 is 10.4 Å². The Labute approximate surface area is 100 Å². The van der Waals surface area contributed by atoms with Crippen molar-refractivity contribution in [2.75, 3.05) is 5.32 Å². The number of nitrogens with one attached hydrogen (secondary N) is 1. The van der Waals surface area contributed by atoms with Crippen LogP contribution < -0.4 is 5.32 Å². The fourth-order valence-corrected chi connectivity index (χ4v) is 1.37. The molecule has 16 heavy (non-hydrogen) atoms. The number of aromatic hydroxyl groups is 1. The van der Waals surface area contributed by atoms with Crippen molar-refractivity contribution in [3.8, 4) is 5.75 Å². The zero-order chi connectivity index (χ0) is 10.7. The summed E-state index contributed by atoms with van der Waals surface area (Å²) in [6, 6.07) is 7.28. The van der Waals surface area contributed by atoms with E-state index < -0.39 is 0 Å². The molecule has 0 saturated heterocycles. The smallest absolute Gasteiger partial charge is 0.120 e. The highest BCUT2D eigenvalue weighted by atomic mass is 35.5. The quantitative estimate of drug-likeness (QED) is 0.863. The molecule has 2 rings (SSSR count). The Morgan fingerprint density at radius 2 is 2.12 bits per heavy atom. The molecule has 0 saturated carbocycles. The summed E-state index contributed by atoms with van der Waals surface area (Å²) in [6.07, 6.45) is 3.64. The minimum absolute atomic E-state index is 0. The summed E-state index contributed by atoms with van der Waals surface area (Å²) < 4.78 is 1.73. The van der Waals surface area contributed by atoms with Crippen LogP contribution in [0.4, 0.5) is 5.69 Å². The molecule has 0 radical (unpaired) electrons. The number of phenolic OH excluding ortho intramolecular Hbond substituents is 1. The van der Waals surface area contributed by atoms with Gasteiger partial charge in [0.1, 0.15) is 5.75 Å². The van der Waals surface area contributed by atoms with E-state index in [4.69, 9.17) is 0 Å². The lowest BCUT2D eigenvalue weighted by Crippen LogP contribution is -1.98. The van der Waals surface area contributed by atoms with Crippen LogP contribution in [0.15, 0.2) is 36.7 Å². The molecular weight excluding hydrogens is 226 g/mol. The molecule has 0 aliphatic carbocycles. The van der Waals surface area contributed by atoms with Crippen LogP contribution in [0, 0.1) is 0 Å². The molecule has 0 unspecified atom stereocenters. The van der Waals surface area contributed by atoms with Gasteiger partial charge in [-0.25, -0.2) is 0 Å². The standard InChI is InChI=1S/C11H13N3O.ClH/c1-14-8-10(7-13-14)12-6-9-4-2-3-5-11(9)15;/h2-5,7-8,12,15H,6H2,1H3;1H. The number of para-hydroxylation sites is 1. The number of rotatable bonds is 3. The first kappa shape index (κ1) is 12.4. The van der Waals surface area contributed by atoms with Crippen LogP contribution in [-0.4, -0.2) is 14.9 Å². The first-order valence-corrected chi connectivity index (χ1v) is 4.75. The molecule has 0 amide bonds. The SMILES string of the molecule is Cl.Cn1cc(NCc2ccccc2O)cn1. The second-order valence-corrected chi connectivity index (χ2v) is 3.38. The van der Waals surface area contributed by atoms with Crippen molar-refractivity contribution >= 4 is 18.1 Å². The largest absolute Gasteiger partial charge is 0.508 e. The fraction of sp³-hybridized carbons (Fsp3) is 0.182. The zero-order valence-electron chi connectivity index (χ0n) is 8.92. The van der Waals surface area contributed by atoms with Gasteiger partial charge in [0, 0.05) is 25.4 Å². The Kier molecular flexibility index (Phi) is 4.19. The molecule has 4 nitrogen and oxygen atoms in total. The maximum atomic E-state index is 9.53. The number of halogens is 1. The number of aryl methyl sites for hydroxylation is 1. The van der Waals surface area contributed by atoms with Gasteiger partial charge in [0.05, 0.1) is 11.9 Å². The van der Waals surface area contributed by atoms with Gasteiger partial charge in [-0.2, -0.15) is 5.10 Å². The van der Waals surface area contributed by atoms with E-state index >= 15 is 0 Å². The molecule has 0 spiro atoms. The number of hydrogen-bond donors (Lipinski definition) is 2. The number of hydrogen-bond acceptors (Lipinski definition) is 3. The van der Waals surface area contributed by atoms with E-state index in [2.05, 4.69) is 10.4 Å². The van der Waals surface area contributed by atoms with Crippen molar-refractivity contribution in [3.63, 3.8) is 0 Å². The normalized spacial score (nSPS) is 9.56. The van der Waals surface area contributed by atoms with Crippen LogP contribution in [0.25, 0.3) is 0 Å². The van der Waals surface area contributed by atoms with Crippen LogP contribution in [0.2, 0.25) is 0 Å². The van der Waals surface area contributed by atoms with Gasteiger partial charge >= 0.3 is 0 Å².